The Morgan fingerprint density at radius 2 is 1.02 bits per heavy atom. The van der Waals surface area contributed by atoms with Gasteiger partial charge in [-0.1, -0.05) is 0 Å². The van der Waals surface area contributed by atoms with Crippen molar-refractivity contribution in [1.29, 1.82) is 0 Å². The number of hydrogen-bond acceptors (Lipinski definition) is 18. The number of aliphatic hydroxyl groups is 1. The monoisotopic (exact) mass is 740 g/mol. The molecule has 6 rings (SSSR count). The van der Waals surface area contributed by atoms with Gasteiger partial charge in [0.05, 0.1) is 63.3 Å². The first kappa shape index (κ1) is 40.3. The van der Waals surface area contributed by atoms with E-state index in [2.05, 4.69) is 51.3 Å². The molecule has 2 aliphatic heterocycles. The van der Waals surface area contributed by atoms with Gasteiger partial charge in [-0.2, -0.15) is 20.5 Å². The average molecular weight is 741 g/mol. The highest BCUT2D eigenvalue weighted by Gasteiger charge is 2.36. The lowest BCUT2D eigenvalue weighted by molar-refractivity contribution is -0.274. The van der Waals surface area contributed by atoms with Crippen LogP contribution in [0.3, 0.4) is 0 Å². The number of nitrogens with one attached hydrogen (secondary N) is 5. The van der Waals surface area contributed by atoms with E-state index in [9.17, 15) is 5.11 Å². The summed E-state index contributed by atoms with van der Waals surface area (Å²) in [5, 5.41) is 74.8. The Bertz CT molecular complexity index is 1080. The second-order valence-electron chi connectivity index (χ2n) is 15.9. The summed E-state index contributed by atoms with van der Waals surface area (Å²) in [6, 6.07) is 1.35. The molecule has 0 spiro atoms. The Labute approximate surface area is 307 Å². The molecule has 9 atom stereocenters. The molecule has 6 aliphatic rings. The van der Waals surface area contributed by atoms with Gasteiger partial charge in [-0.25, -0.2) is 14.7 Å². The van der Waals surface area contributed by atoms with Crippen molar-refractivity contribution >= 4 is 0 Å². The van der Waals surface area contributed by atoms with E-state index < -0.39 is 6.10 Å². The highest BCUT2D eigenvalue weighted by molar-refractivity contribution is 4.91. The molecular formula is C34H64N10O8. The van der Waals surface area contributed by atoms with E-state index in [0.717, 1.165) is 103 Å². The molecule has 0 aromatic heterocycles. The van der Waals surface area contributed by atoms with E-state index >= 15 is 0 Å². The maximum absolute atomic E-state index is 10.2. The fourth-order valence-corrected chi connectivity index (χ4v) is 9.05. The van der Waals surface area contributed by atoms with Crippen LogP contribution in [0.15, 0.2) is 20.5 Å². The minimum Gasteiger partial charge on any atom is -0.393 e. The van der Waals surface area contributed by atoms with Crippen molar-refractivity contribution in [2.45, 2.75) is 151 Å². The summed E-state index contributed by atoms with van der Waals surface area (Å²) in [6.07, 6.45) is 12.1. The molecule has 0 bridgehead atoms. The fraction of sp³-hybridized carbons (Fsp3) is 1.00. The Morgan fingerprint density at radius 3 is 1.58 bits per heavy atom. The summed E-state index contributed by atoms with van der Waals surface area (Å²) in [5.41, 5.74) is 0. The topological polar surface area (TPSA) is 231 Å². The molecule has 2 saturated heterocycles. The lowest BCUT2D eigenvalue weighted by Gasteiger charge is -2.47. The Kier molecular flexibility index (Phi) is 16.3. The normalized spacial score (nSPS) is 41.5. The van der Waals surface area contributed by atoms with Crippen LogP contribution in [0.1, 0.15) is 89.9 Å². The molecule has 52 heavy (non-hydrogen) atoms. The lowest BCUT2D eigenvalue weighted by Crippen LogP contribution is -2.79. The molecular weight excluding hydrogens is 676 g/mol. The van der Waals surface area contributed by atoms with Gasteiger partial charge in [-0.3, -0.25) is 47.3 Å². The molecule has 18 nitrogen and oxygen atoms in total. The highest BCUT2D eigenvalue weighted by Crippen LogP contribution is 2.33. The third kappa shape index (κ3) is 12.1. The molecule has 4 saturated carbocycles. The molecule has 9 unspecified atom stereocenters. The van der Waals surface area contributed by atoms with Crippen LogP contribution in [0.5, 0.6) is 0 Å². The third-order valence-electron chi connectivity index (χ3n) is 12.3. The van der Waals surface area contributed by atoms with Crippen LogP contribution in [-0.4, -0.2) is 133 Å². The van der Waals surface area contributed by atoms with Crippen LogP contribution < -0.4 is 26.6 Å². The summed E-state index contributed by atoms with van der Waals surface area (Å²) in [6.45, 7) is 3.79. The first-order valence-corrected chi connectivity index (χ1v) is 19.9. The number of hydrogen-bond donors (Lipinski definition) is 9. The molecule has 18 heteroatoms. The van der Waals surface area contributed by atoms with Crippen LogP contribution in [0.4, 0.5) is 0 Å². The fourth-order valence-electron chi connectivity index (χ4n) is 9.05. The van der Waals surface area contributed by atoms with E-state index in [1.54, 1.807) is 0 Å². The van der Waals surface area contributed by atoms with Crippen LogP contribution in [-0.2, 0) is 19.4 Å². The molecule has 0 radical (unpaired) electrons. The van der Waals surface area contributed by atoms with E-state index in [4.69, 9.17) is 35.9 Å². The van der Waals surface area contributed by atoms with Crippen molar-refractivity contribution in [3.05, 3.63) is 0 Å². The maximum Gasteiger partial charge on any atom is 0.119 e. The van der Waals surface area contributed by atoms with Crippen molar-refractivity contribution < 1.29 is 40.3 Å². The highest BCUT2D eigenvalue weighted by atomic mass is 17.1. The van der Waals surface area contributed by atoms with Gasteiger partial charge in [-0.15, -0.1) is 0 Å². The molecule has 4 aliphatic carbocycles. The predicted octanol–water partition coefficient (Wildman–Crippen LogP) is 2.44. The zero-order valence-electron chi connectivity index (χ0n) is 30.5. The van der Waals surface area contributed by atoms with Crippen LogP contribution >= 0.6 is 0 Å². The molecule has 298 valence electrons. The summed E-state index contributed by atoms with van der Waals surface area (Å²) >= 11 is 0. The Balaban J connectivity index is 0.945. The summed E-state index contributed by atoms with van der Waals surface area (Å²) in [4.78, 5) is 15.5. The molecule has 0 amide bonds. The summed E-state index contributed by atoms with van der Waals surface area (Å²) < 4.78 is 5.64. The van der Waals surface area contributed by atoms with Crippen molar-refractivity contribution in [1.82, 2.24) is 31.5 Å². The Hall–Kier alpha value is -1.36. The number of morpholine rings is 1. The standard InChI is InChI=1S/C34H64N10O8/c45-31-12-11-30(18-24(31)21-52-48)43-41-28-9-5-26(6-10-28)36-33-37-32(38-34(39-33)44-13-15-49-16-14-44)35-25-3-7-27(8-4-25)40-42-29-2-1-22(19-50-46)23(17-29)20-51-47/h22-39,45-48H,1-21H2. The maximum atomic E-state index is 10.2. The second-order valence-corrected chi connectivity index (χ2v) is 15.9. The van der Waals surface area contributed by atoms with Gasteiger partial charge in [-0.05, 0) is 102 Å². The quantitative estimate of drug-likeness (QED) is 0.0668. The largest absolute Gasteiger partial charge is 0.393 e. The van der Waals surface area contributed by atoms with E-state index in [-0.39, 0.29) is 80.6 Å². The first-order chi connectivity index (χ1) is 25.5. The van der Waals surface area contributed by atoms with Crippen molar-refractivity contribution in [2.75, 3.05) is 46.1 Å². The van der Waals surface area contributed by atoms with Gasteiger partial charge in [0, 0.05) is 31.1 Å². The second kappa shape index (κ2) is 21.1. The zero-order valence-corrected chi connectivity index (χ0v) is 30.5. The Morgan fingerprint density at radius 1 is 0.558 bits per heavy atom. The first-order valence-electron chi connectivity index (χ1n) is 19.9. The number of rotatable bonds is 15. The van der Waals surface area contributed by atoms with E-state index in [1.165, 1.54) is 0 Å². The van der Waals surface area contributed by atoms with E-state index in [1.807, 2.05) is 0 Å². The number of aliphatic hydroxyl groups excluding tert-OH is 1. The van der Waals surface area contributed by atoms with Crippen molar-refractivity contribution in [2.24, 2.45) is 38.2 Å². The molecule has 2 heterocycles. The predicted molar refractivity (Wildman–Crippen MR) is 189 cm³/mol. The van der Waals surface area contributed by atoms with Gasteiger partial charge in [0.25, 0.3) is 0 Å². The third-order valence-corrected chi connectivity index (χ3v) is 12.3. The average Bonchev–Trinajstić information content (AvgIpc) is 3.17. The smallest absolute Gasteiger partial charge is 0.119 e. The van der Waals surface area contributed by atoms with Gasteiger partial charge in [0.1, 0.15) is 18.9 Å². The van der Waals surface area contributed by atoms with Gasteiger partial charge >= 0.3 is 0 Å². The zero-order chi connectivity index (χ0) is 36.1. The SMILES string of the molecule is OOCC1CC(N=NC2CCC(NC3NC(NC4CCC(N=NC5CCC(COO)C(COO)C5)CC4)NC(N4CCOCC4)N3)CC2)CCC1O. The van der Waals surface area contributed by atoms with Crippen LogP contribution in [0.2, 0.25) is 0 Å². The van der Waals surface area contributed by atoms with Gasteiger partial charge in [0.2, 0.25) is 0 Å². The minimum absolute atomic E-state index is 0.00332. The van der Waals surface area contributed by atoms with E-state index in [0.29, 0.717) is 24.9 Å². The molecule has 9 N–H and O–H groups in total. The number of nitrogens with zero attached hydrogens (tertiary/aromatic N) is 5. The minimum atomic E-state index is -0.451. The number of ether oxygens (including phenoxy) is 1. The molecule has 0 aromatic rings. The number of azo groups is 2. The van der Waals surface area contributed by atoms with Gasteiger partial charge < -0.3 is 9.84 Å². The van der Waals surface area contributed by atoms with Gasteiger partial charge in [0.15, 0.2) is 0 Å². The van der Waals surface area contributed by atoms with Crippen LogP contribution in [0.25, 0.3) is 0 Å². The summed E-state index contributed by atoms with van der Waals surface area (Å²) in [5.74, 6) is 0.126. The molecule has 0 aromatic carbocycles. The van der Waals surface area contributed by atoms with Crippen LogP contribution in [0, 0.1) is 17.8 Å². The lowest BCUT2D eigenvalue weighted by atomic mass is 9.78. The molecule has 6 fully saturated rings. The van der Waals surface area contributed by atoms with Crippen molar-refractivity contribution in [3.8, 4) is 0 Å². The summed E-state index contributed by atoms with van der Waals surface area (Å²) in [7, 11) is 0. The van der Waals surface area contributed by atoms with Crippen molar-refractivity contribution in [3.63, 3.8) is 0 Å².